The predicted octanol–water partition coefficient (Wildman–Crippen LogP) is 2.33. The Bertz CT molecular complexity index is 948. The molecule has 3 aromatic rings. The van der Waals surface area contributed by atoms with Crippen molar-refractivity contribution in [1.29, 1.82) is 0 Å². The van der Waals surface area contributed by atoms with Crippen LogP contribution in [0.2, 0.25) is 0 Å². The fraction of sp³-hybridized carbons (Fsp3) is 0.263. The molecule has 9 nitrogen and oxygen atoms in total. The highest BCUT2D eigenvalue weighted by Gasteiger charge is 2.13. The number of hydrogen-bond donors (Lipinski definition) is 2. The Morgan fingerprint density at radius 2 is 2.11 bits per heavy atom. The molecule has 0 aliphatic carbocycles. The molecular formula is C19H19N3O6. The Hall–Kier alpha value is -3.62. The van der Waals surface area contributed by atoms with Gasteiger partial charge in [0.05, 0.1) is 18.9 Å². The molecular weight excluding hydrogens is 366 g/mol. The van der Waals surface area contributed by atoms with Crippen molar-refractivity contribution >= 4 is 11.9 Å². The number of furan rings is 1. The number of rotatable bonds is 9. The molecule has 0 saturated heterocycles. The number of nitrogens with zero attached hydrogens (tertiary/aromatic N) is 2. The van der Waals surface area contributed by atoms with Crippen LogP contribution in [0.25, 0.3) is 11.6 Å². The molecule has 0 spiro atoms. The zero-order chi connectivity index (χ0) is 19.9. The highest BCUT2D eigenvalue weighted by Crippen LogP contribution is 2.21. The molecule has 0 saturated carbocycles. The second kappa shape index (κ2) is 8.85. The predicted molar refractivity (Wildman–Crippen MR) is 97.0 cm³/mol. The summed E-state index contributed by atoms with van der Waals surface area (Å²) < 4.78 is 15.5. The van der Waals surface area contributed by atoms with Crippen LogP contribution < -0.4 is 10.1 Å². The van der Waals surface area contributed by atoms with E-state index in [9.17, 15) is 9.59 Å². The Morgan fingerprint density at radius 1 is 1.25 bits per heavy atom. The van der Waals surface area contributed by atoms with Crippen molar-refractivity contribution in [1.82, 2.24) is 15.5 Å². The van der Waals surface area contributed by atoms with Crippen molar-refractivity contribution in [3.05, 3.63) is 53.6 Å². The van der Waals surface area contributed by atoms with E-state index in [1.165, 1.54) is 25.5 Å². The third-order valence-corrected chi connectivity index (χ3v) is 4.03. The first-order valence-electron chi connectivity index (χ1n) is 8.60. The Balaban J connectivity index is 1.45. The largest absolute Gasteiger partial charge is 0.496 e. The lowest BCUT2D eigenvalue weighted by molar-refractivity contribution is -0.121. The van der Waals surface area contributed by atoms with Gasteiger partial charge in [0.2, 0.25) is 17.6 Å². The second-order valence-electron chi connectivity index (χ2n) is 5.92. The highest BCUT2D eigenvalue weighted by molar-refractivity contribution is 5.88. The Morgan fingerprint density at radius 3 is 2.82 bits per heavy atom. The van der Waals surface area contributed by atoms with Gasteiger partial charge in [-0.1, -0.05) is 11.2 Å². The summed E-state index contributed by atoms with van der Waals surface area (Å²) in [6.45, 7) is 0.392. The number of carbonyl (C=O) groups is 2. The van der Waals surface area contributed by atoms with Crippen molar-refractivity contribution in [2.45, 2.75) is 19.3 Å². The van der Waals surface area contributed by atoms with Gasteiger partial charge in [-0.05, 0) is 36.2 Å². The van der Waals surface area contributed by atoms with Crippen LogP contribution in [-0.2, 0) is 17.6 Å². The molecule has 2 N–H and O–H groups in total. The fourth-order valence-corrected chi connectivity index (χ4v) is 2.59. The fourth-order valence-electron chi connectivity index (χ4n) is 2.59. The van der Waals surface area contributed by atoms with Crippen molar-refractivity contribution < 1.29 is 28.4 Å². The van der Waals surface area contributed by atoms with Crippen LogP contribution in [0.3, 0.4) is 0 Å². The van der Waals surface area contributed by atoms with Crippen molar-refractivity contribution in [3.8, 4) is 17.3 Å². The topological polar surface area (TPSA) is 128 Å². The van der Waals surface area contributed by atoms with E-state index in [0.29, 0.717) is 42.6 Å². The van der Waals surface area contributed by atoms with Crippen LogP contribution in [0.15, 0.2) is 45.5 Å². The van der Waals surface area contributed by atoms with E-state index in [0.717, 1.165) is 5.56 Å². The van der Waals surface area contributed by atoms with E-state index in [1.807, 2.05) is 0 Å². The van der Waals surface area contributed by atoms with E-state index >= 15 is 0 Å². The normalized spacial score (nSPS) is 10.6. The number of aromatic nitrogens is 2. The summed E-state index contributed by atoms with van der Waals surface area (Å²) in [6, 6.07) is 8.10. The standard InChI is InChI=1S/C19H19N3O6/c1-26-15-11-13(19(24)25)5-4-12(15)8-9-20-16(23)6-7-17-21-18(22-28-17)14-3-2-10-27-14/h2-5,10-11H,6-9H2,1H3,(H,20,23)(H,24,25). The monoisotopic (exact) mass is 385 g/mol. The first kappa shape index (κ1) is 19.2. The molecule has 28 heavy (non-hydrogen) atoms. The number of benzene rings is 1. The third kappa shape index (κ3) is 4.76. The van der Waals surface area contributed by atoms with E-state index in [2.05, 4.69) is 15.5 Å². The molecule has 2 aromatic heterocycles. The number of ether oxygens (including phenoxy) is 1. The lowest BCUT2D eigenvalue weighted by atomic mass is 10.1. The minimum absolute atomic E-state index is 0.151. The first-order valence-corrected chi connectivity index (χ1v) is 8.60. The highest BCUT2D eigenvalue weighted by atomic mass is 16.5. The molecule has 9 heteroatoms. The molecule has 3 rings (SSSR count). The number of hydrogen-bond acceptors (Lipinski definition) is 7. The van der Waals surface area contributed by atoms with Crippen LogP contribution >= 0.6 is 0 Å². The van der Waals surface area contributed by atoms with Gasteiger partial charge in [-0.25, -0.2) is 4.79 Å². The Labute approximate surface area is 160 Å². The van der Waals surface area contributed by atoms with Crippen molar-refractivity contribution in [2.24, 2.45) is 0 Å². The maximum Gasteiger partial charge on any atom is 0.335 e. The maximum atomic E-state index is 12.0. The van der Waals surface area contributed by atoms with Gasteiger partial charge in [-0.15, -0.1) is 0 Å². The average molecular weight is 385 g/mol. The van der Waals surface area contributed by atoms with Gasteiger partial charge in [0.15, 0.2) is 5.76 Å². The summed E-state index contributed by atoms with van der Waals surface area (Å²) in [4.78, 5) is 27.2. The molecule has 0 aliphatic rings. The molecule has 0 atom stereocenters. The quantitative estimate of drug-likeness (QED) is 0.574. The molecule has 0 radical (unpaired) electrons. The summed E-state index contributed by atoms with van der Waals surface area (Å²) in [5.41, 5.74) is 0.964. The minimum atomic E-state index is -1.02. The zero-order valence-corrected chi connectivity index (χ0v) is 15.2. The van der Waals surface area contributed by atoms with E-state index in [-0.39, 0.29) is 17.9 Å². The van der Waals surface area contributed by atoms with Crippen LogP contribution in [-0.4, -0.2) is 40.8 Å². The molecule has 1 amide bonds. The minimum Gasteiger partial charge on any atom is -0.496 e. The van der Waals surface area contributed by atoms with Crippen molar-refractivity contribution in [3.63, 3.8) is 0 Å². The van der Waals surface area contributed by atoms with E-state index in [4.69, 9.17) is 18.8 Å². The molecule has 0 aliphatic heterocycles. The van der Waals surface area contributed by atoms with Gasteiger partial charge in [0.25, 0.3) is 0 Å². The second-order valence-corrected chi connectivity index (χ2v) is 5.92. The summed E-state index contributed by atoms with van der Waals surface area (Å²) in [6.07, 6.45) is 2.55. The van der Waals surface area contributed by atoms with Crippen LogP contribution in [0, 0.1) is 0 Å². The lowest BCUT2D eigenvalue weighted by Crippen LogP contribution is -2.26. The van der Waals surface area contributed by atoms with E-state index in [1.54, 1.807) is 18.2 Å². The van der Waals surface area contributed by atoms with Crippen LogP contribution in [0.1, 0.15) is 28.2 Å². The number of nitrogens with one attached hydrogen (secondary N) is 1. The smallest absolute Gasteiger partial charge is 0.335 e. The third-order valence-electron chi connectivity index (χ3n) is 4.03. The van der Waals surface area contributed by atoms with Gasteiger partial charge in [-0.3, -0.25) is 4.79 Å². The van der Waals surface area contributed by atoms with Gasteiger partial charge < -0.3 is 24.1 Å². The Kier molecular flexibility index (Phi) is 6.05. The van der Waals surface area contributed by atoms with Gasteiger partial charge >= 0.3 is 5.97 Å². The summed E-state index contributed by atoms with van der Waals surface area (Å²) in [5, 5.41) is 15.6. The number of methoxy groups -OCH3 is 1. The zero-order valence-electron chi connectivity index (χ0n) is 15.2. The SMILES string of the molecule is COc1cc(C(=O)O)ccc1CCNC(=O)CCc1nc(-c2ccco2)no1. The van der Waals surface area contributed by atoms with Crippen LogP contribution in [0.4, 0.5) is 0 Å². The van der Waals surface area contributed by atoms with Gasteiger partial charge in [0, 0.05) is 19.4 Å². The number of aryl methyl sites for hydroxylation is 1. The summed E-state index contributed by atoms with van der Waals surface area (Å²) in [7, 11) is 1.48. The van der Waals surface area contributed by atoms with Gasteiger partial charge in [0.1, 0.15) is 5.75 Å². The summed E-state index contributed by atoms with van der Waals surface area (Å²) >= 11 is 0. The summed E-state index contributed by atoms with van der Waals surface area (Å²) in [5.74, 6) is 0.505. The number of carbonyl (C=O) groups excluding carboxylic acids is 1. The molecule has 0 bridgehead atoms. The molecule has 146 valence electrons. The number of amides is 1. The lowest BCUT2D eigenvalue weighted by Gasteiger charge is -2.10. The van der Waals surface area contributed by atoms with Gasteiger partial charge in [-0.2, -0.15) is 4.98 Å². The van der Waals surface area contributed by atoms with Crippen molar-refractivity contribution in [2.75, 3.05) is 13.7 Å². The van der Waals surface area contributed by atoms with E-state index < -0.39 is 5.97 Å². The average Bonchev–Trinajstić information content (AvgIpc) is 3.38. The number of carboxylic acid groups (broad SMARTS) is 1. The van der Waals surface area contributed by atoms with Crippen LogP contribution in [0.5, 0.6) is 5.75 Å². The molecule has 2 heterocycles. The maximum absolute atomic E-state index is 12.0. The molecule has 0 unspecified atom stereocenters. The molecule has 0 fully saturated rings. The first-order chi connectivity index (χ1) is 13.6. The number of aromatic carboxylic acids is 1. The molecule has 1 aromatic carbocycles. The number of carboxylic acids is 1.